The summed E-state index contributed by atoms with van der Waals surface area (Å²) in [6.45, 7) is 13.7. The summed E-state index contributed by atoms with van der Waals surface area (Å²) in [7, 11) is 2.08. The third-order valence-electron chi connectivity index (χ3n) is 7.65. The van der Waals surface area contributed by atoms with Gasteiger partial charge < -0.3 is 4.74 Å². The topological polar surface area (TPSA) is 35.1 Å². The Labute approximate surface area is 204 Å². The van der Waals surface area contributed by atoms with Gasteiger partial charge >= 0.3 is 5.97 Å². The Kier molecular flexibility index (Phi) is 6.89. The van der Waals surface area contributed by atoms with Crippen molar-refractivity contribution >= 4 is 17.0 Å². The molecule has 1 aliphatic carbocycles. The van der Waals surface area contributed by atoms with E-state index in [1.807, 2.05) is 12.1 Å². The Bertz CT molecular complexity index is 1150. The quantitative estimate of drug-likeness (QED) is 0.324. The van der Waals surface area contributed by atoms with E-state index in [1.54, 1.807) is 0 Å². The predicted molar refractivity (Wildman–Crippen MR) is 138 cm³/mol. The van der Waals surface area contributed by atoms with E-state index in [2.05, 4.69) is 94.1 Å². The minimum absolute atomic E-state index is 0.0151. The van der Waals surface area contributed by atoms with Crippen LogP contribution in [0.4, 0.5) is 0 Å². The number of benzene rings is 2. The molecule has 0 amide bonds. The normalized spacial score (nSPS) is 21.2. The molecular weight excluding hydrogens is 420 g/mol. The molecule has 1 aromatic heterocycles. The number of carbonyl (C=O) groups excluding carboxylic acids is 1. The fraction of sp³-hybridized carbons (Fsp3) is 0.533. The number of hydrogen-bond donors (Lipinski definition) is 0. The van der Waals surface area contributed by atoms with Gasteiger partial charge in [0.15, 0.2) is 17.6 Å². The largest absolute Gasteiger partial charge is 0.459 e. The molecule has 3 atom stereocenters. The fourth-order valence-corrected chi connectivity index (χ4v) is 5.60. The smallest absolute Gasteiger partial charge is 0.348 e. The van der Waals surface area contributed by atoms with Crippen molar-refractivity contribution in [2.45, 2.75) is 78.9 Å². The first-order chi connectivity index (χ1) is 16.1. The Morgan fingerprint density at radius 1 is 1.09 bits per heavy atom. The van der Waals surface area contributed by atoms with Crippen molar-refractivity contribution in [1.29, 1.82) is 0 Å². The van der Waals surface area contributed by atoms with Crippen molar-refractivity contribution in [3.05, 3.63) is 54.1 Å². The average Bonchev–Trinajstić information content (AvgIpc) is 3.04. The lowest BCUT2D eigenvalue weighted by atomic mass is 9.75. The zero-order valence-corrected chi connectivity index (χ0v) is 22.0. The summed E-state index contributed by atoms with van der Waals surface area (Å²) in [5, 5.41) is 0. The highest BCUT2D eigenvalue weighted by Gasteiger charge is 2.34. The molecule has 0 saturated heterocycles. The van der Waals surface area contributed by atoms with E-state index in [9.17, 15) is 4.79 Å². The minimum atomic E-state index is -0.140. The maximum Gasteiger partial charge on any atom is 0.348 e. The van der Waals surface area contributed by atoms with Gasteiger partial charge in [0.1, 0.15) is 6.10 Å². The first-order valence-corrected chi connectivity index (χ1v) is 12.8. The van der Waals surface area contributed by atoms with Gasteiger partial charge in [0, 0.05) is 0 Å². The molecule has 1 fully saturated rings. The molecule has 1 heterocycles. The second-order valence-corrected chi connectivity index (χ2v) is 11.6. The van der Waals surface area contributed by atoms with Crippen LogP contribution in [-0.4, -0.2) is 16.6 Å². The van der Waals surface area contributed by atoms with E-state index in [0.29, 0.717) is 17.8 Å². The van der Waals surface area contributed by atoms with Crippen molar-refractivity contribution in [1.82, 2.24) is 4.57 Å². The van der Waals surface area contributed by atoms with Gasteiger partial charge in [-0.15, -0.1) is 0 Å². The lowest BCUT2D eigenvalue weighted by Crippen LogP contribution is -2.37. The lowest BCUT2D eigenvalue weighted by molar-refractivity contribution is -0.634. The number of fused-ring (bicyclic) bond motifs is 1. The number of aromatic nitrogens is 2. The maximum absolute atomic E-state index is 13.3. The molecule has 2 aromatic carbocycles. The molecule has 1 saturated carbocycles. The number of aryl methyl sites for hydroxylation is 1. The van der Waals surface area contributed by atoms with Gasteiger partial charge in [0.05, 0.1) is 12.6 Å². The zero-order chi connectivity index (χ0) is 24.6. The molecule has 182 valence electrons. The second kappa shape index (κ2) is 9.56. The molecule has 4 nitrogen and oxygen atoms in total. The van der Waals surface area contributed by atoms with E-state index in [0.717, 1.165) is 35.3 Å². The fourth-order valence-electron chi connectivity index (χ4n) is 5.60. The van der Waals surface area contributed by atoms with Gasteiger partial charge in [-0.25, -0.2) is 13.9 Å². The maximum atomic E-state index is 13.3. The van der Waals surface area contributed by atoms with Crippen molar-refractivity contribution < 1.29 is 14.1 Å². The molecular formula is C30H41N2O2+. The molecule has 0 radical (unpaired) electrons. The van der Waals surface area contributed by atoms with E-state index in [4.69, 9.17) is 4.74 Å². The molecule has 0 aliphatic heterocycles. The molecule has 4 rings (SSSR count). The van der Waals surface area contributed by atoms with Crippen LogP contribution in [0.2, 0.25) is 0 Å². The molecule has 0 N–H and O–H groups in total. The summed E-state index contributed by atoms with van der Waals surface area (Å²) in [6, 6.07) is 17.0. The number of imidazole rings is 1. The number of nitrogens with zero attached hydrogens (tertiary/aromatic N) is 2. The van der Waals surface area contributed by atoms with Gasteiger partial charge in [-0.05, 0) is 65.8 Å². The molecule has 1 aliphatic rings. The van der Waals surface area contributed by atoms with Crippen LogP contribution in [0.1, 0.15) is 66.4 Å². The lowest BCUT2D eigenvalue weighted by Gasteiger charge is -2.36. The van der Waals surface area contributed by atoms with Crippen LogP contribution in [0.25, 0.3) is 22.4 Å². The molecule has 34 heavy (non-hydrogen) atoms. The summed E-state index contributed by atoms with van der Waals surface area (Å²) in [5.41, 5.74) is 4.66. The number of para-hydroxylation sites is 2. The highest BCUT2D eigenvalue weighted by molar-refractivity contribution is 5.79. The number of hydrogen-bond acceptors (Lipinski definition) is 2. The Morgan fingerprint density at radius 2 is 1.76 bits per heavy atom. The number of carbonyl (C=O) groups is 1. The zero-order valence-electron chi connectivity index (χ0n) is 22.0. The van der Waals surface area contributed by atoms with Gasteiger partial charge in [-0.1, -0.05) is 72.2 Å². The Morgan fingerprint density at radius 3 is 2.41 bits per heavy atom. The molecule has 1 unspecified atom stereocenters. The number of esters is 1. The molecule has 0 spiro atoms. The Balaban J connectivity index is 1.68. The van der Waals surface area contributed by atoms with E-state index < -0.39 is 0 Å². The van der Waals surface area contributed by atoms with Gasteiger partial charge in [-0.3, -0.25) is 0 Å². The van der Waals surface area contributed by atoms with Crippen LogP contribution in [0.15, 0.2) is 48.5 Å². The average molecular weight is 462 g/mol. The first-order valence-electron chi connectivity index (χ1n) is 12.8. The van der Waals surface area contributed by atoms with Crippen molar-refractivity contribution in [3.8, 4) is 11.4 Å². The van der Waals surface area contributed by atoms with Gasteiger partial charge in [0.2, 0.25) is 0 Å². The van der Waals surface area contributed by atoms with Crippen LogP contribution in [0.3, 0.4) is 0 Å². The van der Waals surface area contributed by atoms with Crippen LogP contribution >= 0.6 is 0 Å². The number of rotatable bonds is 5. The standard InChI is InChI=1S/C30H41N2O2/c1-20(2)24-17-12-21(3)18-27(24)34-28(33)19-32-26-11-9-8-10-25(26)31(7)29(32)22-13-15-23(16-14-22)30(4,5)6/h8-11,13-16,20-21,24,27H,12,17-19H2,1-7H3/q+1/t21-,24+,27?/m1/s1. The molecule has 3 aromatic rings. The molecule has 0 bridgehead atoms. The minimum Gasteiger partial charge on any atom is -0.459 e. The summed E-state index contributed by atoms with van der Waals surface area (Å²) < 4.78 is 10.5. The third kappa shape index (κ3) is 4.92. The number of ether oxygens (including phenoxy) is 1. The highest BCUT2D eigenvalue weighted by atomic mass is 16.5. The van der Waals surface area contributed by atoms with Crippen molar-refractivity contribution in [2.24, 2.45) is 24.8 Å². The first kappa shape index (κ1) is 24.5. The second-order valence-electron chi connectivity index (χ2n) is 11.6. The highest BCUT2D eigenvalue weighted by Crippen LogP contribution is 2.35. The van der Waals surface area contributed by atoms with Crippen LogP contribution < -0.4 is 4.57 Å². The van der Waals surface area contributed by atoms with Crippen molar-refractivity contribution in [2.75, 3.05) is 0 Å². The van der Waals surface area contributed by atoms with E-state index >= 15 is 0 Å². The predicted octanol–water partition coefficient (Wildman–Crippen LogP) is 6.43. The summed E-state index contributed by atoms with van der Waals surface area (Å²) in [4.78, 5) is 13.3. The Hall–Kier alpha value is -2.62. The molecule has 4 heteroatoms. The van der Waals surface area contributed by atoms with Gasteiger partial charge in [0.25, 0.3) is 5.82 Å². The van der Waals surface area contributed by atoms with Crippen LogP contribution in [0.5, 0.6) is 0 Å². The summed E-state index contributed by atoms with van der Waals surface area (Å²) >= 11 is 0. The van der Waals surface area contributed by atoms with E-state index in [1.165, 1.54) is 12.0 Å². The summed E-state index contributed by atoms with van der Waals surface area (Å²) in [5.74, 6) is 2.46. The van der Waals surface area contributed by atoms with Crippen LogP contribution in [0, 0.1) is 17.8 Å². The van der Waals surface area contributed by atoms with E-state index in [-0.39, 0.29) is 24.0 Å². The summed E-state index contributed by atoms with van der Waals surface area (Å²) in [6.07, 6.45) is 3.35. The van der Waals surface area contributed by atoms with Gasteiger partial charge in [-0.2, -0.15) is 0 Å². The third-order valence-corrected chi connectivity index (χ3v) is 7.65. The monoisotopic (exact) mass is 461 g/mol. The van der Waals surface area contributed by atoms with Crippen LogP contribution in [-0.2, 0) is 28.5 Å². The van der Waals surface area contributed by atoms with Crippen molar-refractivity contribution in [3.63, 3.8) is 0 Å². The SMILES string of the molecule is CC(C)[C@@H]1CC[C@@H](C)CC1OC(=O)Cn1c(-c2ccc(C(C)(C)C)cc2)[n+](C)c2ccccc21.